The van der Waals surface area contributed by atoms with Gasteiger partial charge in [0.1, 0.15) is 11.2 Å². The van der Waals surface area contributed by atoms with Crippen LogP contribution in [0.1, 0.15) is 0 Å². The van der Waals surface area contributed by atoms with Crippen LogP contribution in [-0.2, 0) is 0 Å². The Balaban J connectivity index is 1.15. The predicted molar refractivity (Wildman–Crippen MR) is 206 cm³/mol. The van der Waals surface area contributed by atoms with Crippen molar-refractivity contribution in [1.29, 1.82) is 0 Å². The Morgan fingerprint density at radius 3 is 2.06 bits per heavy atom. The van der Waals surface area contributed by atoms with Crippen molar-refractivity contribution >= 4 is 66.8 Å². The smallest absolute Gasteiger partial charge is 0.153 e. The fraction of sp³-hybridized carbons (Fsp3) is 0. The third kappa shape index (κ3) is 4.61. The Morgan fingerprint density at radius 1 is 0.420 bits per heavy atom. The zero-order valence-corrected chi connectivity index (χ0v) is 27.0. The van der Waals surface area contributed by atoms with Crippen molar-refractivity contribution in [2.24, 2.45) is 0 Å². The summed E-state index contributed by atoms with van der Waals surface area (Å²) in [4.78, 5) is 4.60. The number of fused-ring (bicyclic) bond motifs is 6. The highest BCUT2D eigenvalue weighted by Crippen LogP contribution is 2.53. The quantitative estimate of drug-likeness (QED) is 0.187. The van der Waals surface area contributed by atoms with E-state index >= 15 is 0 Å². The van der Waals surface area contributed by atoms with Gasteiger partial charge in [-0.2, -0.15) is 0 Å². The number of rotatable bonds is 5. The van der Waals surface area contributed by atoms with E-state index in [0.29, 0.717) is 0 Å². The molecule has 2 heterocycles. The van der Waals surface area contributed by atoms with Gasteiger partial charge in [-0.3, -0.25) is 0 Å². The zero-order chi connectivity index (χ0) is 33.0. The standard InChI is InChI=1S/C46H30N2O2/c1-2-12-31(13-3-1)33-16-10-17-34(28-33)47(40-21-11-15-32-14-4-5-18-37(32)40)35-25-27-42-46(30-35)50-44-23-9-7-20-41(44)48(42)36-24-26-39-38-19-6-8-22-43(38)49-45(39)29-36/h1-30H. The molecule has 8 aromatic carbocycles. The molecule has 0 bridgehead atoms. The molecule has 0 atom stereocenters. The summed E-state index contributed by atoms with van der Waals surface area (Å²) in [5.74, 6) is 1.57. The van der Waals surface area contributed by atoms with Crippen LogP contribution in [0.25, 0.3) is 43.8 Å². The molecular weight excluding hydrogens is 613 g/mol. The van der Waals surface area contributed by atoms with E-state index in [1.165, 1.54) is 16.3 Å². The molecule has 9 aromatic rings. The van der Waals surface area contributed by atoms with Crippen molar-refractivity contribution < 1.29 is 9.15 Å². The van der Waals surface area contributed by atoms with E-state index in [1.54, 1.807) is 0 Å². The first-order valence-corrected chi connectivity index (χ1v) is 16.8. The minimum Gasteiger partial charge on any atom is -0.456 e. The molecule has 10 rings (SSSR count). The number of benzene rings is 8. The fourth-order valence-corrected chi connectivity index (χ4v) is 7.30. The van der Waals surface area contributed by atoms with Crippen molar-refractivity contribution in [3.8, 4) is 22.6 Å². The van der Waals surface area contributed by atoms with Crippen LogP contribution in [0.5, 0.6) is 11.5 Å². The second-order valence-electron chi connectivity index (χ2n) is 12.6. The third-order valence-electron chi connectivity index (χ3n) is 9.61. The molecule has 0 N–H and O–H groups in total. The van der Waals surface area contributed by atoms with Crippen LogP contribution in [0.3, 0.4) is 0 Å². The minimum absolute atomic E-state index is 0.773. The Morgan fingerprint density at radius 2 is 1.12 bits per heavy atom. The topological polar surface area (TPSA) is 28.9 Å². The Labute approximate surface area is 289 Å². The van der Waals surface area contributed by atoms with E-state index < -0.39 is 0 Å². The summed E-state index contributed by atoms with van der Waals surface area (Å²) >= 11 is 0. The van der Waals surface area contributed by atoms with Gasteiger partial charge in [0.15, 0.2) is 11.5 Å². The molecule has 4 heteroatoms. The molecule has 0 aliphatic carbocycles. The van der Waals surface area contributed by atoms with Crippen molar-refractivity contribution in [2.75, 3.05) is 9.80 Å². The lowest BCUT2D eigenvalue weighted by atomic mass is 10.0. The van der Waals surface area contributed by atoms with Crippen LogP contribution >= 0.6 is 0 Å². The molecule has 1 aliphatic heterocycles. The van der Waals surface area contributed by atoms with Gasteiger partial charge in [-0.05, 0) is 77.2 Å². The molecular formula is C46H30N2O2. The van der Waals surface area contributed by atoms with E-state index in [9.17, 15) is 0 Å². The lowest BCUT2D eigenvalue weighted by Crippen LogP contribution is -2.17. The van der Waals surface area contributed by atoms with Gasteiger partial charge < -0.3 is 19.0 Å². The molecule has 0 saturated carbocycles. The maximum absolute atomic E-state index is 6.72. The first-order valence-electron chi connectivity index (χ1n) is 16.8. The maximum Gasteiger partial charge on any atom is 0.153 e. The Bertz CT molecular complexity index is 2710. The highest BCUT2D eigenvalue weighted by molar-refractivity contribution is 6.06. The average molecular weight is 643 g/mol. The van der Waals surface area contributed by atoms with E-state index in [4.69, 9.17) is 9.15 Å². The molecule has 0 amide bonds. The predicted octanol–water partition coefficient (Wildman–Crippen LogP) is 13.5. The van der Waals surface area contributed by atoms with Crippen molar-refractivity contribution in [3.63, 3.8) is 0 Å². The molecule has 50 heavy (non-hydrogen) atoms. The van der Waals surface area contributed by atoms with Crippen molar-refractivity contribution in [3.05, 3.63) is 182 Å². The fourth-order valence-electron chi connectivity index (χ4n) is 7.30. The van der Waals surface area contributed by atoms with Gasteiger partial charge in [0, 0.05) is 34.0 Å². The highest BCUT2D eigenvalue weighted by Gasteiger charge is 2.28. The van der Waals surface area contributed by atoms with E-state index in [-0.39, 0.29) is 0 Å². The molecule has 0 radical (unpaired) electrons. The highest BCUT2D eigenvalue weighted by atomic mass is 16.5. The Hall–Kier alpha value is -6.78. The lowest BCUT2D eigenvalue weighted by molar-refractivity contribution is 0.477. The van der Waals surface area contributed by atoms with Gasteiger partial charge in [-0.15, -0.1) is 0 Å². The number of anilines is 6. The average Bonchev–Trinajstić information content (AvgIpc) is 3.55. The molecule has 0 unspecified atom stereocenters. The number of hydrogen-bond donors (Lipinski definition) is 0. The van der Waals surface area contributed by atoms with Gasteiger partial charge >= 0.3 is 0 Å². The molecule has 0 saturated heterocycles. The van der Waals surface area contributed by atoms with E-state index in [2.05, 4.69) is 168 Å². The third-order valence-corrected chi connectivity index (χ3v) is 9.61. The first-order chi connectivity index (χ1) is 24.8. The van der Waals surface area contributed by atoms with Crippen LogP contribution in [0.2, 0.25) is 0 Å². The van der Waals surface area contributed by atoms with E-state index in [0.717, 1.165) is 73.1 Å². The number of nitrogens with zero attached hydrogens (tertiary/aromatic N) is 2. The maximum atomic E-state index is 6.72. The molecule has 0 fully saturated rings. The molecule has 4 nitrogen and oxygen atoms in total. The molecule has 0 spiro atoms. The van der Waals surface area contributed by atoms with Gasteiger partial charge in [0.2, 0.25) is 0 Å². The number of ether oxygens (including phenoxy) is 1. The number of hydrogen-bond acceptors (Lipinski definition) is 4. The summed E-state index contributed by atoms with van der Waals surface area (Å²) in [7, 11) is 0. The van der Waals surface area contributed by atoms with Crippen LogP contribution in [0, 0.1) is 0 Å². The number of furan rings is 1. The molecule has 1 aliphatic rings. The molecule has 1 aromatic heterocycles. The van der Waals surface area contributed by atoms with Crippen LogP contribution in [0.15, 0.2) is 186 Å². The second-order valence-corrected chi connectivity index (χ2v) is 12.6. The normalized spacial score (nSPS) is 12.1. The summed E-state index contributed by atoms with van der Waals surface area (Å²) < 4.78 is 13.0. The monoisotopic (exact) mass is 642 g/mol. The summed E-state index contributed by atoms with van der Waals surface area (Å²) in [5, 5.41) is 4.57. The zero-order valence-electron chi connectivity index (χ0n) is 27.0. The summed E-state index contributed by atoms with van der Waals surface area (Å²) in [5.41, 5.74) is 10.2. The molecule has 236 valence electrons. The van der Waals surface area contributed by atoms with Crippen molar-refractivity contribution in [1.82, 2.24) is 0 Å². The first kappa shape index (κ1) is 28.3. The Kier molecular flexibility index (Phi) is 6.46. The lowest BCUT2D eigenvalue weighted by Gasteiger charge is -2.34. The largest absolute Gasteiger partial charge is 0.456 e. The SMILES string of the molecule is c1ccc(-c2cccc(N(c3ccc4c(c3)Oc3ccccc3N4c3ccc4c(c3)oc3ccccc34)c3cccc4ccccc34)c2)cc1. The summed E-state index contributed by atoms with van der Waals surface area (Å²) in [6.45, 7) is 0. The van der Waals surface area contributed by atoms with Crippen molar-refractivity contribution in [2.45, 2.75) is 0 Å². The summed E-state index contributed by atoms with van der Waals surface area (Å²) in [6, 6.07) is 63.7. The van der Waals surface area contributed by atoms with Crippen LogP contribution in [-0.4, -0.2) is 0 Å². The van der Waals surface area contributed by atoms with E-state index in [1.807, 2.05) is 24.3 Å². The van der Waals surface area contributed by atoms with Gasteiger partial charge in [0.05, 0.1) is 28.4 Å². The second kappa shape index (κ2) is 11.4. The van der Waals surface area contributed by atoms with Gasteiger partial charge in [-0.25, -0.2) is 0 Å². The van der Waals surface area contributed by atoms with Crippen LogP contribution < -0.4 is 14.5 Å². The summed E-state index contributed by atoms with van der Waals surface area (Å²) in [6.07, 6.45) is 0. The minimum atomic E-state index is 0.773. The van der Waals surface area contributed by atoms with Crippen LogP contribution in [0.4, 0.5) is 34.1 Å². The number of para-hydroxylation sites is 3. The van der Waals surface area contributed by atoms with Gasteiger partial charge in [-0.1, -0.05) is 109 Å². The van der Waals surface area contributed by atoms with Gasteiger partial charge in [0.25, 0.3) is 0 Å².